The lowest BCUT2D eigenvalue weighted by Crippen LogP contribution is -2.28. The highest BCUT2D eigenvalue weighted by Crippen LogP contribution is 2.28. The number of esters is 1. The molecule has 0 aliphatic carbocycles. The second-order valence-electron chi connectivity index (χ2n) is 5.24. The molecule has 0 unspecified atom stereocenters. The van der Waals surface area contributed by atoms with Gasteiger partial charge in [0.2, 0.25) is 0 Å². The standard InChI is InChI=1S/C19H21NO6/c1-14(21)26-17-9-8-15(12-18(17)23-2)13-25-19(22)20-10-11-24-16-6-4-3-5-7-16/h3-9,12H,10-11,13H2,1-2H3,(H,20,22). The highest BCUT2D eigenvalue weighted by atomic mass is 16.6. The maximum atomic E-state index is 11.7. The van der Waals surface area contributed by atoms with Crippen LogP contribution in [0.4, 0.5) is 4.79 Å². The number of benzene rings is 2. The fraction of sp³-hybridized carbons (Fsp3) is 0.263. The molecule has 0 radical (unpaired) electrons. The smallest absolute Gasteiger partial charge is 0.407 e. The summed E-state index contributed by atoms with van der Waals surface area (Å²) in [6.07, 6.45) is -0.551. The van der Waals surface area contributed by atoms with Gasteiger partial charge in [-0.2, -0.15) is 0 Å². The summed E-state index contributed by atoms with van der Waals surface area (Å²) in [6.45, 7) is 2.02. The Kier molecular flexibility index (Phi) is 7.30. The van der Waals surface area contributed by atoms with Crippen molar-refractivity contribution >= 4 is 12.1 Å². The molecule has 138 valence electrons. The Morgan fingerprint density at radius 1 is 1.04 bits per heavy atom. The van der Waals surface area contributed by atoms with Crippen LogP contribution in [0.15, 0.2) is 48.5 Å². The molecule has 2 aromatic carbocycles. The molecule has 1 amide bonds. The van der Waals surface area contributed by atoms with Crippen molar-refractivity contribution in [1.82, 2.24) is 5.32 Å². The van der Waals surface area contributed by atoms with Crippen LogP contribution < -0.4 is 19.5 Å². The molecule has 0 saturated carbocycles. The second-order valence-corrected chi connectivity index (χ2v) is 5.24. The minimum atomic E-state index is -0.551. The maximum absolute atomic E-state index is 11.7. The van der Waals surface area contributed by atoms with Crippen molar-refractivity contribution < 1.29 is 28.5 Å². The number of para-hydroxylation sites is 1. The van der Waals surface area contributed by atoms with Crippen LogP contribution in [0.5, 0.6) is 17.2 Å². The number of hydrogen-bond donors (Lipinski definition) is 1. The molecule has 7 nitrogen and oxygen atoms in total. The van der Waals surface area contributed by atoms with Crippen LogP contribution in [0.3, 0.4) is 0 Å². The molecule has 0 saturated heterocycles. The Bertz CT molecular complexity index is 732. The lowest BCUT2D eigenvalue weighted by Gasteiger charge is -2.11. The first-order valence-corrected chi connectivity index (χ1v) is 8.02. The first-order valence-electron chi connectivity index (χ1n) is 8.02. The van der Waals surface area contributed by atoms with E-state index in [9.17, 15) is 9.59 Å². The number of methoxy groups -OCH3 is 1. The van der Waals surface area contributed by atoms with E-state index in [1.807, 2.05) is 30.3 Å². The number of carbonyl (C=O) groups excluding carboxylic acids is 2. The molecule has 26 heavy (non-hydrogen) atoms. The molecule has 0 heterocycles. The average molecular weight is 359 g/mol. The molecule has 2 rings (SSSR count). The van der Waals surface area contributed by atoms with Gasteiger partial charge in [0.15, 0.2) is 11.5 Å². The number of carbonyl (C=O) groups is 2. The van der Waals surface area contributed by atoms with Crippen LogP contribution in [-0.2, 0) is 16.1 Å². The molecule has 0 aliphatic rings. The van der Waals surface area contributed by atoms with Crippen LogP contribution >= 0.6 is 0 Å². The number of alkyl carbamates (subject to hydrolysis) is 1. The van der Waals surface area contributed by atoms with Gasteiger partial charge in [-0.15, -0.1) is 0 Å². The summed E-state index contributed by atoms with van der Waals surface area (Å²) in [5.74, 6) is 0.997. The fourth-order valence-electron chi connectivity index (χ4n) is 2.08. The van der Waals surface area contributed by atoms with Gasteiger partial charge < -0.3 is 24.3 Å². The van der Waals surface area contributed by atoms with Crippen LogP contribution in [0, 0.1) is 0 Å². The van der Waals surface area contributed by atoms with Crippen molar-refractivity contribution in [3.8, 4) is 17.2 Å². The van der Waals surface area contributed by atoms with Gasteiger partial charge in [0, 0.05) is 6.92 Å². The number of ether oxygens (including phenoxy) is 4. The Labute approximate surface area is 151 Å². The Morgan fingerprint density at radius 2 is 1.81 bits per heavy atom. The van der Waals surface area contributed by atoms with Crippen molar-refractivity contribution in [2.24, 2.45) is 0 Å². The summed E-state index contributed by atoms with van der Waals surface area (Å²) in [7, 11) is 1.46. The molecular formula is C19H21NO6. The number of amides is 1. The molecule has 0 spiro atoms. The average Bonchev–Trinajstić information content (AvgIpc) is 2.65. The Balaban J connectivity index is 1.73. The number of hydrogen-bond acceptors (Lipinski definition) is 6. The maximum Gasteiger partial charge on any atom is 0.407 e. The summed E-state index contributed by atoms with van der Waals surface area (Å²) < 4.78 is 20.8. The lowest BCUT2D eigenvalue weighted by atomic mass is 10.2. The van der Waals surface area contributed by atoms with Gasteiger partial charge in [-0.3, -0.25) is 4.79 Å². The van der Waals surface area contributed by atoms with Crippen LogP contribution in [0.1, 0.15) is 12.5 Å². The van der Waals surface area contributed by atoms with Gasteiger partial charge in [-0.05, 0) is 29.8 Å². The SMILES string of the molecule is COc1cc(COC(=O)NCCOc2ccccc2)ccc1OC(C)=O. The van der Waals surface area contributed by atoms with E-state index in [-0.39, 0.29) is 6.61 Å². The molecule has 0 atom stereocenters. The van der Waals surface area contributed by atoms with Crippen molar-refractivity contribution in [2.75, 3.05) is 20.3 Å². The molecule has 7 heteroatoms. The first kappa shape index (κ1) is 19.1. The van der Waals surface area contributed by atoms with Gasteiger partial charge in [0.25, 0.3) is 0 Å². The van der Waals surface area contributed by atoms with Crippen molar-refractivity contribution in [3.63, 3.8) is 0 Å². The van der Waals surface area contributed by atoms with Gasteiger partial charge >= 0.3 is 12.1 Å². The van der Waals surface area contributed by atoms with Gasteiger partial charge in [-0.25, -0.2) is 4.79 Å². The summed E-state index contributed by atoms with van der Waals surface area (Å²) in [6, 6.07) is 14.2. The topological polar surface area (TPSA) is 83.1 Å². The molecular weight excluding hydrogens is 338 g/mol. The van der Waals surface area contributed by atoms with E-state index < -0.39 is 12.1 Å². The summed E-state index contributed by atoms with van der Waals surface area (Å²) in [4.78, 5) is 22.7. The van der Waals surface area contributed by atoms with Gasteiger partial charge in [0.1, 0.15) is 19.0 Å². The molecule has 2 aromatic rings. The number of rotatable bonds is 8. The van der Waals surface area contributed by atoms with E-state index in [0.717, 1.165) is 5.75 Å². The van der Waals surface area contributed by atoms with Crippen molar-refractivity contribution in [1.29, 1.82) is 0 Å². The summed E-state index contributed by atoms with van der Waals surface area (Å²) in [5, 5.41) is 2.60. The van der Waals surface area contributed by atoms with Crippen molar-refractivity contribution in [2.45, 2.75) is 13.5 Å². The quantitative estimate of drug-likeness (QED) is 0.443. The van der Waals surface area contributed by atoms with Crippen LogP contribution in [0.25, 0.3) is 0 Å². The van der Waals surface area contributed by atoms with Gasteiger partial charge in [0.05, 0.1) is 13.7 Å². The molecule has 1 N–H and O–H groups in total. The molecule has 0 fully saturated rings. The van der Waals surface area contributed by atoms with Crippen molar-refractivity contribution in [3.05, 3.63) is 54.1 Å². The van der Waals surface area contributed by atoms with Gasteiger partial charge in [-0.1, -0.05) is 24.3 Å². The molecule has 0 bridgehead atoms. The summed E-state index contributed by atoms with van der Waals surface area (Å²) in [5.41, 5.74) is 0.702. The Hall–Kier alpha value is -3.22. The molecule has 0 aliphatic heterocycles. The zero-order chi connectivity index (χ0) is 18.8. The van der Waals surface area contributed by atoms with Crippen LogP contribution in [-0.4, -0.2) is 32.3 Å². The third kappa shape index (κ3) is 6.35. The highest BCUT2D eigenvalue weighted by Gasteiger charge is 2.09. The first-order chi connectivity index (χ1) is 12.6. The van der Waals surface area contributed by atoms with E-state index in [0.29, 0.717) is 30.2 Å². The largest absolute Gasteiger partial charge is 0.493 e. The fourth-order valence-corrected chi connectivity index (χ4v) is 2.08. The zero-order valence-corrected chi connectivity index (χ0v) is 14.7. The zero-order valence-electron chi connectivity index (χ0n) is 14.7. The van der Waals surface area contributed by atoms with Crippen LogP contribution in [0.2, 0.25) is 0 Å². The van der Waals surface area contributed by atoms with E-state index in [1.54, 1.807) is 18.2 Å². The van der Waals surface area contributed by atoms with E-state index in [1.165, 1.54) is 14.0 Å². The molecule has 0 aromatic heterocycles. The normalized spacial score (nSPS) is 9.92. The monoisotopic (exact) mass is 359 g/mol. The highest BCUT2D eigenvalue weighted by molar-refractivity contribution is 5.70. The minimum absolute atomic E-state index is 0.0576. The third-order valence-electron chi connectivity index (χ3n) is 3.23. The predicted octanol–water partition coefficient (Wildman–Crippen LogP) is 2.93. The van der Waals surface area contributed by atoms with E-state index >= 15 is 0 Å². The predicted molar refractivity (Wildman–Crippen MR) is 94.4 cm³/mol. The second kappa shape index (κ2) is 9.93. The van der Waals surface area contributed by atoms with E-state index in [4.69, 9.17) is 18.9 Å². The minimum Gasteiger partial charge on any atom is -0.493 e. The Morgan fingerprint density at radius 3 is 2.50 bits per heavy atom. The third-order valence-corrected chi connectivity index (χ3v) is 3.23. The summed E-state index contributed by atoms with van der Waals surface area (Å²) >= 11 is 0. The van der Waals surface area contributed by atoms with E-state index in [2.05, 4.69) is 5.32 Å². The lowest BCUT2D eigenvalue weighted by molar-refractivity contribution is -0.132. The number of nitrogens with one attached hydrogen (secondary N) is 1.